The van der Waals surface area contributed by atoms with Gasteiger partial charge in [-0.25, -0.2) is 0 Å². The van der Waals surface area contributed by atoms with Gasteiger partial charge < -0.3 is 19.5 Å². The van der Waals surface area contributed by atoms with E-state index in [9.17, 15) is 9.59 Å². The highest BCUT2D eigenvalue weighted by atomic mass is 16.5. The van der Waals surface area contributed by atoms with Crippen molar-refractivity contribution in [2.75, 3.05) is 23.4 Å². The van der Waals surface area contributed by atoms with E-state index in [0.29, 0.717) is 30.3 Å². The number of ether oxygens (including phenoxy) is 1. The summed E-state index contributed by atoms with van der Waals surface area (Å²) in [4.78, 5) is 27.3. The molecular weight excluding hydrogens is 430 g/mol. The van der Waals surface area contributed by atoms with Crippen LogP contribution in [-0.2, 0) is 22.6 Å². The van der Waals surface area contributed by atoms with Crippen molar-refractivity contribution < 1.29 is 14.3 Å². The van der Waals surface area contributed by atoms with E-state index in [0.717, 1.165) is 43.0 Å². The van der Waals surface area contributed by atoms with Crippen LogP contribution in [-0.4, -0.2) is 39.7 Å². The zero-order valence-electron chi connectivity index (χ0n) is 19.4. The Morgan fingerprint density at radius 1 is 1.09 bits per heavy atom. The van der Waals surface area contributed by atoms with Gasteiger partial charge in [-0.1, -0.05) is 18.6 Å². The topological polar surface area (TPSA) is 89.3 Å². The molecule has 1 saturated heterocycles. The van der Waals surface area contributed by atoms with Crippen molar-refractivity contribution in [2.45, 2.75) is 45.6 Å². The lowest BCUT2D eigenvalue weighted by atomic mass is 10.1. The Bertz CT molecular complexity index is 1190. The Labute approximate surface area is 198 Å². The first-order chi connectivity index (χ1) is 16.6. The van der Waals surface area contributed by atoms with Crippen LogP contribution in [0.5, 0.6) is 5.75 Å². The Kier molecular flexibility index (Phi) is 6.29. The maximum Gasteiger partial charge on any atom is 0.229 e. The molecular formula is C26H29N5O3. The van der Waals surface area contributed by atoms with Crippen LogP contribution >= 0.6 is 0 Å². The fourth-order valence-electron chi connectivity index (χ4n) is 4.72. The standard InChI is InChI=1S/C26H29N5O3/c1-2-34-22-9-6-5-8-21(22)31-17-19(16-24(31)32)26(33)27-20-13-11-18(12-14-20)25-29-28-23-10-4-3-7-15-30(23)25/h5-6,8-9,11-14,19H,2-4,7,10,15-17H2,1H3,(H,27,33)/t19-/m1/s1. The lowest BCUT2D eigenvalue weighted by molar-refractivity contribution is -0.122. The zero-order chi connectivity index (χ0) is 23.5. The lowest BCUT2D eigenvalue weighted by Gasteiger charge is -2.20. The van der Waals surface area contributed by atoms with Crippen LogP contribution in [0.15, 0.2) is 48.5 Å². The molecule has 2 aliphatic rings. The maximum absolute atomic E-state index is 12.9. The molecule has 0 spiro atoms. The summed E-state index contributed by atoms with van der Waals surface area (Å²) in [5, 5.41) is 11.7. The van der Waals surface area contributed by atoms with Gasteiger partial charge in [-0.2, -0.15) is 0 Å². The second-order valence-electron chi connectivity index (χ2n) is 8.77. The van der Waals surface area contributed by atoms with E-state index in [4.69, 9.17) is 4.74 Å². The summed E-state index contributed by atoms with van der Waals surface area (Å²) >= 11 is 0. The van der Waals surface area contributed by atoms with Crippen molar-refractivity contribution in [1.82, 2.24) is 14.8 Å². The molecule has 34 heavy (non-hydrogen) atoms. The summed E-state index contributed by atoms with van der Waals surface area (Å²) in [5.74, 6) is 1.92. The molecule has 5 rings (SSSR count). The number of fused-ring (bicyclic) bond motifs is 1. The number of carbonyl (C=O) groups is 2. The number of benzene rings is 2. The van der Waals surface area contributed by atoms with E-state index in [1.54, 1.807) is 4.90 Å². The molecule has 8 heteroatoms. The third-order valence-electron chi connectivity index (χ3n) is 6.47. The van der Waals surface area contributed by atoms with Gasteiger partial charge in [0.15, 0.2) is 5.82 Å². The minimum Gasteiger partial charge on any atom is -0.492 e. The summed E-state index contributed by atoms with van der Waals surface area (Å²) in [7, 11) is 0. The van der Waals surface area contributed by atoms with Gasteiger partial charge in [0.05, 0.1) is 18.2 Å². The van der Waals surface area contributed by atoms with Crippen LogP contribution in [0.4, 0.5) is 11.4 Å². The third kappa shape index (κ3) is 4.40. The van der Waals surface area contributed by atoms with E-state index in [1.807, 2.05) is 55.5 Å². The summed E-state index contributed by atoms with van der Waals surface area (Å²) < 4.78 is 7.87. The minimum atomic E-state index is -0.422. The molecule has 0 aliphatic carbocycles. The minimum absolute atomic E-state index is 0.0739. The Balaban J connectivity index is 1.26. The molecule has 3 aromatic rings. The van der Waals surface area contributed by atoms with Gasteiger partial charge in [0.1, 0.15) is 11.6 Å². The van der Waals surface area contributed by atoms with E-state index < -0.39 is 5.92 Å². The quantitative estimate of drug-likeness (QED) is 0.600. The largest absolute Gasteiger partial charge is 0.492 e. The van der Waals surface area contributed by atoms with Gasteiger partial charge in [-0.3, -0.25) is 9.59 Å². The van der Waals surface area contributed by atoms with Gasteiger partial charge in [0.2, 0.25) is 11.8 Å². The Morgan fingerprint density at radius 2 is 1.91 bits per heavy atom. The summed E-state index contributed by atoms with van der Waals surface area (Å²) in [6.07, 6.45) is 4.65. The van der Waals surface area contributed by atoms with Gasteiger partial charge >= 0.3 is 0 Å². The number of aromatic nitrogens is 3. The molecule has 0 saturated carbocycles. The van der Waals surface area contributed by atoms with Crippen LogP contribution in [0.25, 0.3) is 11.4 Å². The van der Waals surface area contributed by atoms with Crippen LogP contribution in [0.3, 0.4) is 0 Å². The highest BCUT2D eigenvalue weighted by molar-refractivity contribution is 6.04. The van der Waals surface area contributed by atoms with Crippen LogP contribution < -0.4 is 15.0 Å². The summed E-state index contributed by atoms with van der Waals surface area (Å²) in [5.41, 5.74) is 2.39. The van der Waals surface area contributed by atoms with E-state index in [1.165, 1.54) is 6.42 Å². The number of aryl methyl sites for hydroxylation is 1. The predicted octanol–water partition coefficient (Wildman–Crippen LogP) is 4.06. The molecule has 1 aromatic heterocycles. The van der Waals surface area contributed by atoms with Crippen molar-refractivity contribution in [2.24, 2.45) is 5.92 Å². The average molecular weight is 460 g/mol. The average Bonchev–Trinajstić information content (AvgIpc) is 3.35. The number of nitrogens with one attached hydrogen (secondary N) is 1. The molecule has 0 radical (unpaired) electrons. The Hall–Kier alpha value is -3.68. The van der Waals surface area contributed by atoms with Crippen molar-refractivity contribution in [3.05, 3.63) is 54.4 Å². The number of anilines is 2. The first kappa shape index (κ1) is 22.1. The fraction of sp³-hybridized carbons (Fsp3) is 0.385. The fourth-order valence-corrected chi connectivity index (χ4v) is 4.72. The summed E-state index contributed by atoms with van der Waals surface area (Å²) in [6.45, 7) is 3.69. The van der Waals surface area contributed by atoms with E-state index in [-0.39, 0.29) is 18.2 Å². The molecule has 2 aromatic carbocycles. The highest BCUT2D eigenvalue weighted by Crippen LogP contribution is 2.33. The molecule has 1 fully saturated rings. The SMILES string of the molecule is CCOc1ccccc1N1C[C@H](C(=O)Nc2ccc(-c3nnc4n3CCCCC4)cc2)CC1=O. The molecule has 3 heterocycles. The molecule has 2 aliphatic heterocycles. The third-order valence-corrected chi connectivity index (χ3v) is 6.47. The smallest absolute Gasteiger partial charge is 0.229 e. The number of rotatable bonds is 6. The monoisotopic (exact) mass is 459 g/mol. The van der Waals surface area contributed by atoms with Crippen molar-refractivity contribution in [3.63, 3.8) is 0 Å². The van der Waals surface area contributed by atoms with Crippen LogP contribution in [0.2, 0.25) is 0 Å². The zero-order valence-corrected chi connectivity index (χ0v) is 19.4. The van der Waals surface area contributed by atoms with Gasteiger partial charge in [-0.05, 0) is 56.2 Å². The Morgan fingerprint density at radius 3 is 2.74 bits per heavy atom. The van der Waals surface area contributed by atoms with Crippen LogP contribution in [0.1, 0.15) is 38.4 Å². The number of para-hydroxylation sites is 2. The first-order valence-electron chi connectivity index (χ1n) is 12.0. The number of carbonyl (C=O) groups excluding carboxylic acids is 2. The molecule has 176 valence electrons. The molecule has 1 atom stereocenters. The van der Waals surface area contributed by atoms with Crippen LogP contribution in [0, 0.1) is 5.92 Å². The van der Waals surface area contributed by atoms with Gasteiger partial charge in [-0.15, -0.1) is 10.2 Å². The second-order valence-corrected chi connectivity index (χ2v) is 8.77. The van der Waals surface area contributed by atoms with Gasteiger partial charge in [0, 0.05) is 37.2 Å². The molecule has 8 nitrogen and oxygen atoms in total. The normalized spacial score (nSPS) is 17.9. The number of hydrogen-bond acceptors (Lipinski definition) is 5. The first-order valence-corrected chi connectivity index (χ1v) is 12.0. The molecule has 2 amide bonds. The van der Waals surface area contributed by atoms with Crippen molar-refractivity contribution >= 4 is 23.2 Å². The molecule has 0 unspecified atom stereocenters. The van der Waals surface area contributed by atoms with Crippen molar-refractivity contribution in [3.8, 4) is 17.1 Å². The number of nitrogens with zero attached hydrogens (tertiary/aromatic N) is 4. The number of hydrogen-bond donors (Lipinski definition) is 1. The van der Waals surface area contributed by atoms with E-state index >= 15 is 0 Å². The molecule has 0 bridgehead atoms. The molecule has 1 N–H and O–H groups in total. The van der Waals surface area contributed by atoms with Crippen molar-refractivity contribution in [1.29, 1.82) is 0 Å². The predicted molar refractivity (Wildman–Crippen MR) is 130 cm³/mol. The maximum atomic E-state index is 12.9. The number of amides is 2. The summed E-state index contributed by atoms with van der Waals surface area (Å²) in [6, 6.07) is 15.1. The second kappa shape index (κ2) is 9.67. The van der Waals surface area contributed by atoms with E-state index in [2.05, 4.69) is 20.1 Å². The lowest BCUT2D eigenvalue weighted by Crippen LogP contribution is -2.28. The van der Waals surface area contributed by atoms with Gasteiger partial charge in [0.25, 0.3) is 0 Å². The highest BCUT2D eigenvalue weighted by Gasteiger charge is 2.36.